The van der Waals surface area contributed by atoms with Gasteiger partial charge in [-0.05, 0) is 36.4 Å². The first-order chi connectivity index (χ1) is 11.1. The molecule has 0 fully saturated rings. The summed E-state index contributed by atoms with van der Waals surface area (Å²) < 4.78 is 16.9. The SMILES string of the molecule is CCN(CC)CC[S+]([O-])c1ccc2[nH]c(NC(=O)OC)nc2c1. The van der Waals surface area contributed by atoms with Crippen molar-refractivity contribution in [2.24, 2.45) is 0 Å². The first-order valence-corrected chi connectivity index (χ1v) is 8.84. The number of aromatic amines is 1. The summed E-state index contributed by atoms with van der Waals surface area (Å²) in [5.74, 6) is 0.892. The van der Waals surface area contributed by atoms with Crippen LogP contribution in [0.25, 0.3) is 11.0 Å². The fourth-order valence-electron chi connectivity index (χ4n) is 2.20. The van der Waals surface area contributed by atoms with Gasteiger partial charge in [0.2, 0.25) is 5.95 Å². The Balaban J connectivity index is 2.08. The molecule has 2 aromatic rings. The summed E-state index contributed by atoms with van der Waals surface area (Å²) in [7, 11) is 1.29. The molecule has 0 radical (unpaired) electrons. The quantitative estimate of drug-likeness (QED) is 0.755. The highest BCUT2D eigenvalue weighted by atomic mass is 32.2. The van der Waals surface area contributed by atoms with Gasteiger partial charge in [-0.25, -0.2) is 9.78 Å². The number of methoxy groups -OCH3 is 1. The predicted molar refractivity (Wildman–Crippen MR) is 91.2 cm³/mol. The second-order valence-electron chi connectivity index (χ2n) is 4.96. The maximum Gasteiger partial charge on any atom is 0.413 e. The van der Waals surface area contributed by atoms with Crippen LogP contribution >= 0.6 is 0 Å². The molecule has 8 heteroatoms. The first kappa shape index (κ1) is 17.6. The lowest BCUT2D eigenvalue weighted by Gasteiger charge is -2.18. The van der Waals surface area contributed by atoms with Crippen molar-refractivity contribution >= 4 is 34.3 Å². The highest BCUT2D eigenvalue weighted by Gasteiger charge is 2.15. The Morgan fingerprint density at radius 3 is 2.83 bits per heavy atom. The zero-order chi connectivity index (χ0) is 16.8. The Labute approximate surface area is 138 Å². The van der Waals surface area contributed by atoms with E-state index in [1.807, 2.05) is 12.1 Å². The number of H-pyrrole nitrogens is 1. The summed E-state index contributed by atoms with van der Waals surface area (Å²) in [6.07, 6.45) is -0.591. The Morgan fingerprint density at radius 1 is 1.43 bits per heavy atom. The smallest absolute Gasteiger partial charge is 0.413 e. The van der Waals surface area contributed by atoms with Crippen molar-refractivity contribution < 1.29 is 14.1 Å². The van der Waals surface area contributed by atoms with Gasteiger partial charge < -0.3 is 14.3 Å². The van der Waals surface area contributed by atoms with Gasteiger partial charge in [0.25, 0.3) is 0 Å². The zero-order valence-corrected chi connectivity index (χ0v) is 14.4. The van der Waals surface area contributed by atoms with Gasteiger partial charge in [-0.2, -0.15) is 0 Å². The van der Waals surface area contributed by atoms with Crippen LogP contribution in [0.3, 0.4) is 0 Å². The number of hydrogen-bond acceptors (Lipinski definition) is 5. The molecule has 0 spiro atoms. The fourth-order valence-corrected chi connectivity index (χ4v) is 3.33. The van der Waals surface area contributed by atoms with Gasteiger partial charge in [0.05, 0.1) is 18.1 Å². The van der Waals surface area contributed by atoms with E-state index in [1.165, 1.54) is 7.11 Å². The molecule has 1 atom stereocenters. The number of hydrogen-bond donors (Lipinski definition) is 2. The largest absolute Gasteiger partial charge is 0.611 e. The molecule has 0 saturated heterocycles. The minimum absolute atomic E-state index is 0.304. The van der Waals surface area contributed by atoms with E-state index in [1.54, 1.807) is 6.07 Å². The molecule has 2 rings (SSSR count). The zero-order valence-electron chi connectivity index (χ0n) is 13.6. The van der Waals surface area contributed by atoms with Crippen LogP contribution < -0.4 is 5.32 Å². The van der Waals surface area contributed by atoms with Crippen LogP contribution in [0.5, 0.6) is 0 Å². The van der Waals surface area contributed by atoms with Crippen molar-refractivity contribution in [3.05, 3.63) is 18.2 Å². The third-order valence-corrected chi connectivity index (χ3v) is 4.94. The summed E-state index contributed by atoms with van der Waals surface area (Å²) in [5.41, 5.74) is 1.42. The number of amides is 1. The number of benzene rings is 1. The van der Waals surface area contributed by atoms with Gasteiger partial charge in [0.1, 0.15) is 5.75 Å². The molecule has 0 aliphatic rings. The van der Waals surface area contributed by atoms with Gasteiger partial charge in [-0.15, -0.1) is 0 Å². The standard InChI is InChI=1S/C15H22N4O3S/c1-4-19(5-2)8-9-23(21)11-6-7-12-13(10-11)17-14(16-12)18-15(20)22-3/h6-7,10H,4-5,8-9H2,1-3H3,(H2,16,17,18,20). The summed E-state index contributed by atoms with van der Waals surface area (Å²) in [4.78, 5) is 21.4. The third kappa shape index (κ3) is 4.60. The van der Waals surface area contributed by atoms with Crippen molar-refractivity contribution in [1.82, 2.24) is 14.9 Å². The highest BCUT2D eigenvalue weighted by molar-refractivity contribution is 7.91. The molecule has 0 bridgehead atoms. The van der Waals surface area contributed by atoms with Crippen molar-refractivity contribution in [3.63, 3.8) is 0 Å². The number of carbonyl (C=O) groups excluding carboxylic acids is 1. The van der Waals surface area contributed by atoms with Gasteiger partial charge in [-0.3, -0.25) is 10.2 Å². The lowest BCUT2D eigenvalue weighted by Crippen LogP contribution is -2.29. The molecule has 1 aromatic heterocycles. The Hall–Kier alpha value is -1.77. The molecule has 1 aromatic carbocycles. The van der Waals surface area contributed by atoms with Crippen LogP contribution in [-0.2, 0) is 15.9 Å². The lowest BCUT2D eigenvalue weighted by molar-refractivity contribution is 0.186. The van der Waals surface area contributed by atoms with E-state index in [0.29, 0.717) is 17.2 Å². The van der Waals surface area contributed by atoms with Crippen molar-refractivity contribution in [2.75, 3.05) is 37.8 Å². The molecule has 2 N–H and O–H groups in total. The topological polar surface area (TPSA) is 93.3 Å². The summed E-state index contributed by atoms with van der Waals surface area (Å²) in [6, 6.07) is 5.42. The molecular formula is C15H22N4O3S. The van der Waals surface area contributed by atoms with E-state index in [2.05, 4.69) is 38.8 Å². The van der Waals surface area contributed by atoms with Crippen LogP contribution in [0, 0.1) is 0 Å². The highest BCUT2D eigenvalue weighted by Crippen LogP contribution is 2.20. The predicted octanol–water partition coefficient (Wildman–Crippen LogP) is 2.19. The first-order valence-electron chi connectivity index (χ1n) is 7.52. The van der Waals surface area contributed by atoms with E-state index < -0.39 is 17.3 Å². The molecule has 0 aliphatic heterocycles. The van der Waals surface area contributed by atoms with Crippen LogP contribution in [0.1, 0.15) is 13.8 Å². The minimum atomic E-state index is -1.07. The number of nitrogens with zero attached hydrogens (tertiary/aromatic N) is 2. The number of fused-ring (bicyclic) bond motifs is 1. The average molecular weight is 338 g/mol. The maximum absolute atomic E-state index is 12.4. The Bertz CT molecular complexity index is 657. The van der Waals surface area contributed by atoms with Gasteiger partial charge in [-0.1, -0.05) is 13.8 Å². The van der Waals surface area contributed by atoms with Crippen molar-refractivity contribution in [2.45, 2.75) is 18.7 Å². The van der Waals surface area contributed by atoms with E-state index in [4.69, 9.17) is 0 Å². The van der Waals surface area contributed by atoms with Crippen LogP contribution in [0.15, 0.2) is 23.1 Å². The number of aromatic nitrogens is 2. The Kier molecular flexibility index (Phi) is 6.26. The summed E-state index contributed by atoms with van der Waals surface area (Å²) >= 11 is -1.07. The van der Waals surface area contributed by atoms with Gasteiger partial charge in [0.15, 0.2) is 4.90 Å². The van der Waals surface area contributed by atoms with Crippen molar-refractivity contribution in [1.29, 1.82) is 0 Å². The molecule has 23 heavy (non-hydrogen) atoms. The van der Waals surface area contributed by atoms with Gasteiger partial charge >= 0.3 is 6.09 Å². The van der Waals surface area contributed by atoms with Gasteiger partial charge in [0, 0.05) is 12.6 Å². The molecule has 0 aliphatic carbocycles. The maximum atomic E-state index is 12.4. The van der Waals surface area contributed by atoms with E-state index >= 15 is 0 Å². The number of ether oxygens (including phenoxy) is 1. The van der Waals surface area contributed by atoms with Crippen LogP contribution in [-0.4, -0.2) is 58.0 Å². The van der Waals surface area contributed by atoms with Crippen LogP contribution in [0.2, 0.25) is 0 Å². The number of imidazole rings is 1. The molecule has 126 valence electrons. The van der Waals surface area contributed by atoms with E-state index in [9.17, 15) is 9.35 Å². The Morgan fingerprint density at radius 2 is 2.17 bits per heavy atom. The molecule has 1 heterocycles. The average Bonchev–Trinajstić information content (AvgIpc) is 2.96. The summed E-state index contributed by atoms with van der Waals surface area (Å²) in [5, 5.41) is 2.47. The second kappa shape index (κ2) is 8.19. The van der Waals surface area contributed by atoms with Crippen molar-refractivity contribution in [3.8, 4) is 0 Å². The number of nitrogens with one attached hydrogen (secondary N) is 2. The molecule has 1 unspecified atom stereocenters. The number of carbonyl (C=O) groups is 1. The molecule has 0 saturated carbocycles. The fraction of sp³-hybridized carbons (Fsp3) is 0.467. The lowest BCUT2D eigenvalue weighted by atomic mass is 10.3. The minimum Gasteiger partial charge on any atom is -0.611 e. The molecule has 7 nitrogen and oxygen atoms in total. The van der Waals surface area contributed by atoms with E-state index in [0.717, 1.165) is 30.0 Å². The molecule has 1 amide bonds. The normalized spacial score (nSPS) is 12.6. The summed E-state index contributed by atoms with van der Waals surface area (Å²) in [6.45, 7) is 6.90. The molecular weight excluding hydrogens is 316 g/mol. The monoisotopic (exact) mass is 338 g/mol. The van der Waals surface area contributed by atoms with E-state index in [-0.39, 0.29) is 0 Å². The van der Waals surface area contributed by atoms with Crippen LogP contribution in [0.4, 0.5) is 10.7 Å². The third-order valence-electron chi connectivity index (χ3n) is 3.61. The second-order valence-corrected chi connectivity index (χ2v) is 6.53. The number of rotatable bonds is 7. The number of anilines is 1.